The van der Waals surface area contributed by atoms with E-state index in [1.54, 1.807) is 0 Å². The molecule has 1 aromatic rings. The van der Waals surface area contributed by atoms with E-state index in [0.29, 0.717) is 19.5 Å². The lowest BCUT2D eigenvalue weighted by molar-refractivity contribution is 0.145. The summed E-state index contributed by atoms with van der Waals surface area (Å²) in [6.45, 7) is 0.969. The standard InChI is InChI=1S/C15H17NO3/c17-14-5-3-10(4-6-14)11-1-2-12-8-16(15(18)19)9-13(12)7-11/h1-3,7,14,17H,4-6,8-9H2,(H,18,19). The van der Waals surface area contributed by atoms with Crippen molar-refractivity contribution in [3.63, 3.8) is 0 Å². The highest BCUT2D eigenvalue weighted by atomic mass is 16.4. The molecule has 1 aromatic carbocycles. The normalized spacial score (nSPS) is 22.1. The first-order valence-corrected chi connectivity index (χ1v) is 6.60. The smallest absolute Gasteiger partial charge is 0.407 e. The Hall–Kier alpha value is -1.81. The number of hydrogen-bond donors (Lipinski definition) is 2. The van der Waals surface area contributed by atoms with Crippen LogP contribution in [0.4, 0.5) is 4.79 Å². The SMILES string of the molecule is O=C(O)N1Cc2ccc(C3=CCC(O)CC3)cc2C1. The Bertz CT molecular complexity index is 550. The summed E-state index contributed by atoms with van der Waals surface area (Å²) in [5.41, 5.74) is 4.63. The van der Waals surface area contributed by atoms with E-state index in [9.17, 15) is 9.90 Å². The van der Waals surface area contributed by atoms with Gasteiger partial charge in [-0.15, -0.1) is 0 Å². The van der Waals surface area contributed by atoms with Crippen LogP contribution in [0.5, 0.6) is 0 Å². The Morgan fingerprint density at radius 1 is 1.26 bits per heavy atom. The molecule has 3 rings (SSSR count). The second-order valence-electron chi connectivity index (χ2n) is 5.28. The molecule has 0 bridgehead atoms. The van der Waals surface area contributed by atoms with Crippen molar-refractivity contribution in [1.29, 1.82) is 0 Å². The average Bonchev–Trinajstić information content (AvgIpc) is 2.82. The second kappa shape index (κ2) is 4.70. The van der Waals surface area contributed by atoms with E-state index in [2.05, 4.69) is 18.2 Å². The Labute approximate surface area is 112 Å². The fraction of sp³-hybridized carbons (Fsp3) is 0.400. The van der Waals surface area contributed by atoms with Crippen LogP contribution in [0.2, 0.25) is 0 Å². The number of nitrogens with zero attached hydrogens (tertiary/aromatic N) is 1. The van der Waals surface area contributed by atoms with Gasteiger partial charge in [0.05, 0.1) is 6.10 Å². The van der Waals surface area contributed by atoms with Gasteiger partial charge >= 0.3 is 6.09 Å². The number of aliphatic hydroxyl groups is 1. The molecule has 1 unspecified atom stereocenters. The number of amides is 1. The molecule has 2 N–H and O–H groups in total. The van der Waals surface area contributed by atoms with Gasteiger partial charge in [0.15, 0.2) is 0 Å². The van der Waals surface area contributed by atoms with E-state index in [1.165, 1.54) is 10.5 Å². The number of allylic oxidation sites excluding steroid dienone is 1. The zero-order chi connectivity index (χ0) is 13.4. The van der Waals surface area contributed by atoms with Crippen molar-refractivity contribution in [2.24, 2.45) is 0 Å². The summed E-state index contributed by atoms with van der Waals surface area (Å²) in [7, 11) is 0. The fourth-order valence-corrected chi connectivity index (χ4v) is 2.81. The molecule has 4 heteroatoms. The molecule has 0 saturated heterocycles. The maximum absolute atomic E-state index is 11.0. The van der Waals surface area contributed by atoms with Gasteiger partial charge in [-0.3, -0.25) is 4.90 Å². The molecule has 1 aliphatic heterocycles. The van der Waals surface area contributed by atoms with Crippen LogP contribution in [0.3, 0.4) is 0 Å². The molecule has 0 spiro atoms. The highest BCUT2D eigenvalue weighted by Crippen LogP contribution is 2.31. The molecule has 0 fully saturated rings. The second-order valence-corrected chi connectivity index (χ2v) is 5.28. The number of hydrogen-bond acceptors (Lipinski definition) is 2. The Balaban J connectivity index is 1.84. The summed E-state index contributed by atoms with van der Waals surface area (Å²) in [4.78, 5) is 12.4. The molecule has 1 aliphatic carbocycles. The number of aliphatic hydroxyl groups excluding tert-OH is 1. The van der Waals surface area contributed by atoms with Gasteiger partial charge < -0.3 is 10.2 Å². The third kappa shape index (κ3) is 2.36. The number of benzene rings is 1. The van der Waals surface area contributed by atoms with Gasteiger partial charge in [-0.25, -0.2) is 4.79 Å². The van der Waals surface area contributed by atoms with Crippen molar-refractivity contribution in [3.8, 4) is 0 Å². The van der Waals surface area contributed by atoms with Crippen LogP contribution in [0.25, 0.3) is 5.57 Å². The Kier molecular flexibility index (Phi) is 3.03. The summed E-state index contributed by atoms with van der Waals surface area (Å²) in [5, 5.41) is 18.5. The minimum absolute atomic E-state index is 0.208. The first-order chi connectivity index (χ1) is 9.13. The van der Waals surface area contributed by atoms with Crippen molar-refractivity contribution in [3.05, 3.63) is 41.0 Å². The Morgan fingerprint density at radius 3 is 2.74 bits per heavy atom. The van der Waals surface area contributed by atoms with Crippen LogP contribution in [0.15, 0.2) is 24.3 Å². The topological polar surface area (TPSA) is 60.8 Å². The van der Waals surface area contributed by atoms with Crippen molar-refractivity contribution < 1.29 is 15.0 Å². The average molecular weight is 259 g/mol. The molecule has 0 aromatic heterocycles. The van der Waals surface area contributed by atoms with E-state index in [0.717, 1.165) is 29.5 Å². The van der Waals surface area contributed by atoms with Crippen molar-refractivity contribution in [2.75, 3.05) is 0 Å². The van der Waals surface area contributed by atoms with Crippen LogP contribution in [0.1, 0.15) is 36.0 Å². The molecule has 4 nitrogen and oxygen atoms in total. The summed E-state index contributed by atoms with van der Waals surface area (Å²) >= 11 is 0. The monoisotopic (exact) mass is 259 g/mol. The van der Waals surface area contributed by atoms with Crippen LogP contribution in [-0.2, 0) is 13.1 Å². The molecule has 0 saturated carbocycles. The van der Waals surface area contributed by atoms with Gasteiger partial charge in [-0.1, -0.05) is 18.2 Å². The van der Waals surface area contributed by atoms with Crippen LogP contribution >= 0.6 is 0 Å². The van der Waals surface area contributed by atoms with Crippen LogP contribution in [-0.4, -0.2) is 27.3 Å². The molecule has 2 aliphatic rings. The van der Waals surface area contributed by atoms with Crippen molar-refractivity contribution >= 4 is 11.7 Å². The highest BCUT2D eigenvalue weighted by molar-refractivity contribution is 5.69. The zero-order valence-corrected chi connectivity index (χ0v) is 10.7. The third-order valence-electron chi connectivity index (χ3n) is 3.95. The van der Waals surface area contributed by atoms with E-state index in [1.807, 2.05) is 6.07 Å². The van der Waals surface area contributed by atoms with Gasteiger partial charge in [0.1, 0.15) is 0 Å². The van der Waals surface area contributed by atoms with Gasteiger partial charge in [0, 0.05) is 13.1 Å². The number of rotatable bonds is 1. The lowest BCUT2D eigenvalue weighted by Gasteiger charge is -2.18. The highest BCUT2D eigenvalue weighted by Gasteiger charge is 2.23. The Morgan fingerprint density at radius 2 is 2.05 bits per heavy atom. The molecule has 0 radical (unpaired) electrons. The maximum atomic E-state index is 11.0. The summed E-state index contributed by atoms with van der Waals surface area (Å²) in [6, 6.07) is 6.19. The first-order valence-electron chi connectivity index (χ1n) is 6.60. The van der Waals surface area contributed by atoms with Gasteiger partial charge in [-0.2, -0.15) is 0 Å². The molecule has 1 heterocycles. The van der Waals surface area contributed by atoms with Crippen molar-refractivity contribution in [2.45, 2.75) is 38.5 Å². The number of carbonyl (C=O) groups is 1. The minimum atomic E-state index is -0.863. The van der Waals surface area contributed by atoms with E-state index < -0.39 is 6.09 Å². The summed E-state index contributed by atoms with van der Waals surface area (Å²) in [6.07, 6.45) is 3.44. The molecule has 100 valence electrons. The number of carboxylic acid groups (broad SMARTS) is 1. The van der Waals surface area contributed by atoms with Crippen LogP contribution < -0.4 is 0 Å². The molecular weight excluding hydrogens is 242 g/mol. The van der Waals surface area contributed by atoms with Crippen molar-refractivity contribution in [1.82, 2.24) is 4.90 Å². The first kappa shape index (κ1) is 12.2. The predicted molar refractivity (Wildman–Crippen MR) is 71.5 cm³/mol. The van der Waals surface area contributed by atoms with Gasteiger partial charge in [-0.05, 0) is 47.6 Å². The fourth-order valence-electron chi connectivity index (χ4n) is 2.81. The summed E-state index contributed by atoms with van der Waals surface area (Å²) < 4.78 is 0. The molecule has 1 atom stereocenters. The molecule has 19 heavy (non-hydrogen) atoms. The zero-order valence-electron chi connectivity index (χ0n) is 10.7. The largest absolute Gasteiger partial charge is 0.465 e. The maximum Gasteiger partial charge on any atom is 0.407 e. The van der Waals surface area contributed by atoms with Gasteiger partial charge in [0.25, 0.3) is 0 Å². The quantitative estimate of drug-likeness (QED) is 0.815. The van der Waals surface area contributed by atoms with E-state index in [4.69, 9.17) is 5.11 Å². The lowest BCUT2D eigenvalue weighted by Crippen LogP contribution is -2.22. The minimum Gasteiger partial charge on any atom is -0.465 e. The van der Waals surface area contributed by atoms with E-state index in [-0.39, 0.29) is 6.10 Å². The number of fused-ring (bicyclic) bond motifs is 1. The predicted octanol–water partition coefficient (Wildman–Crippen LogP) is 2.61. The lowest BCUT2D eigenvalue weighted by atomic mass is 9.91. The van der Waals surface area contributed by atoms with Crippen LogP contribution in [0, 0.1) is 0 Å². The van der Waals surface area contributed by atoms with E-state index >= 15 is 0 Å². The molecular formula is C15H17NO3. The molecule has 1 amide bonds. The third-order valence-corrected chi connectivity index (χ3v) is 3.95. The summed E-state index contributed by atoms with van der Waals surface area (Å²) in [5.74, 6) is 0. The van der Waals surface area contributed by atoms with Gasteiger partial charge in [0.2, 0.25) is 0 Å².